The highest BCUT2D eigenvalue weighted by Crippen LogP contribution is 2.28. The number of aliphatic hydroxyl groups excluding tert-OH is 1. The molecule has 0 radical (unpaired) electrons. The lowest BCUT2D eigenvalue weighted by molar-refractivity contribution is 0.0732. The van der Waals surface area contributed by atoms with Crippen LogP contribution in [0.4, 0.5) is 0 Å². The van der Waals surface area contributed by atoms with Crippen LogP contribution < -0.4 is 9.47 Å². The van der Waals surface area contributed by atoms with Crippen molar-refractivity contribution in [2.75, 3.05) is 40.4 Å². The highest BCUT2D eigenvalue weighted by molar-refractivity contribution is 5.43. The number of hydrogen-bond donors (Lipinski definition) is 1. The second kappa shape index (κ2) is 11.7. The molecular weight excluding hydrogens is 352 g/mol. The second-order valence-corrected chi connectivity index (χ2v) is 7.09. The Morgan fingerprint density at radius 1 is 0.929 bits per heavy atom. The predicted octanol–water partition coefficient (Wildman–Crippen LogP) is 3.41. The number of nitrogens with zero attached hydrogens (tertiary/aromatic N) is 2. The zero-order chi connectivity index (χ0) is 20.4. The van der Waals surface area contributed by atoms with Crippen molar-refractivity contribution >= 4 is 0 Å². The number of aliphatic hydroxyl groups is 1. The van der Waals surface area contributed by atoms with Crippen molar-refractivity contribution in [2.45, 2.75) is 33.0 Å². The third-order valence-corrected chi connectivity index (χ3v) is 4.78. The Bertz CT molecular complexity index is 690. The molecule has 0 aliphatic heterocycles. The maximum absolute atomic E-state index is 10.4. The largest absolute Gasteiger partial charge is 0.493 e. The lowest BCUT2D eigenvalue weighted by atomic mass is 10.2. The van der Waals surface area contributed by atoms with Gasteiger partial charge in [0.15, 0.2) is 11.5 Å². The molecule has 0 bridgehead atoms. The summed E-state index contributed by atoms with van der Waals surface area (Å²) >= 11 is 0. The van der Waals surface area contributed by atoms with Crippen LogP contribution in [0.1, 0.15) is 25.0 Å². The molecule has 2 aromatic rings. The van der Waals surface area contributed by atoms with Crippen LogP contribution in [0, 0.1) is 0 Å². The Hall–Kier alpha value is -2.08. The SMILES string of the molecule is CCN(CC)Cc1ccc(OC)c(OC[C@@H](O)CN(C)Cc2ccccc2)c1. The molecule has 28 heavy (non-hydrogen) atoms. The summed E-state index contributed by atoms with van der Waals surface area (Å²) in [5.74, 6) is 1.37. The molecule has 5 nitrogen and oxygen atoms in total. The summed E-state index contributed by atoms with van der Waals surface area (Å²) in [4.78, 5) is 4.44. The normalized spacial score (nSPS) is 12.4. The van der Waals surface area contributed by atoms with Crippen LogP contribution in [-0.4, -0.2) is 61.4 Å². The number of benzene rings is 2. The summed E-state index contributed by atoms with van der Waals surface area (Å²) in [6, 6.07) is 16.2. The quantitative estimate of drug-likeness (QED) is 0.606. The lowest BCUT2D eigenvalue weighted by Gasteiger charge is -2.22. The van der Waals surface area contributed by atoms with E-state index in [2.05, 4.69) is 41.8 Å². The van der Waals surface area contributed by atoms with Gasteiger partial charge in [-0.3, -0.25) is 9.80 Å². The van der Waals surface area contributed by atoms with Crippen molar-refractivity contribution in [2.24, 2.45) is 0 Å². The van der Waals surface area contributed by atoms with Crippen molar-refractivity contribution < 1.29 is 14.6 Å². The van der Waals surface area contributed by atoms with E-state index in [-0.39, 0.29) is 6.61 Å². The molecule has 5 heteroatoms. The maximum Gasteiger partial charge on any atom is 0.161 e. The lowest BCUT2D eigenvalue weighted by Crippen LogP contribution is -2.32. The average molecular weight is 387 g/mol. The number of rotatable bonds is 12. The van der Waals surface area contributed by atoms with Crippen LogP contribution in [0.15, 0.2) is 48.5 Å². The Balaban J connectivity index is 1.90. The number of methoxy groups -OCH3 is 1. The van der Waals surface area contributed by atoms with E-state index < -0.39 is 6.10 Å². The van der Waals surface area contributed by atoms with Crippen LogP contribution in [0.2, 0.25) is 0 Å². The van der Waals surface area contributed by atoms with Gasteiger partial charge in [0.1, 0.15) is 12.7 Å². The van der Waals surface area contributed by atoms with Crippen LogP contribution in [0.5, 0.6) is 11.5 Å². The Labute approximate surface area is 169 Å². The van der Waals surface area contributed by atoms with Gasteiger partial charge in [0.2, 0.25) is 0 Å². The minimum absolute atomic E-state index is 0.226. The summed E-state index contributed by atoms with van der Waals surface area (Å²) in [7, 11) is 3.64. The van der Waals surface area contributed by atoms with E-state index in [1.807, 2.05) is 37.4 Å². The topological polar surface area (TPSA) is 45.2 Å². The van der Waals surface area contributed by atoms with E-state index in [9.17, 15) is 5.11 Å². The second-order valence-electron chi connectivity index (χ2n) is 7.09. The molecule has 1 N–H and O–H groups in total. The Morgan fingerprint density at radius 2 is 1.64 bits per heavy atom. The van der Waals surface area contributed by atoms with Gasteiger partial charge in [-0.05, 0) is 43.4 Å². The predicted molar refractivity (Wildman–Crippen MR) is 114 cm³/mol. The van der Waals surface area contributed by atoms with Gasteiger partial charge in [-0.2, -0.15) is 0 Å². The molecule has 0 unspecified atom stereocenters. The highest BCUT2D eigenvalue weighted by Gasteiger charge is 2.13. The molecule has 1 atom stereocenters. The molecule has 2 rings (SSSR count). The zero-order valence-corrected chi connectivity index (χ0v) is 17.6. The Morgan fingerprint density at radius 3 is 2.29 bits per heavy atom. The van der Waals surface area contributed by atoms with Gasteiger partial charge < -0.3 is 14.6 Å². The molecule has 0 aromatic heterocycles. The van der Waals surface area contributed by atoms with Gasteiger partial charge >= 0.3 is 0 Å². The van der Waals surface area contributed by atoms with Crippen molar-refractivity contribution in [3.8, 4) is 11.5 Å². The smallest absolute Gasteiger partial charge is 0.161 e. The molecule has 0 spiro atoms. The van der Waals surface area contributed by atoms with E-state index in [4.69, 9.17) is 9.47 Å². The third-order valence-electron chi connectivity index (χ3n) is 4.78. The van der Waals surface area contributed by atoms with Crippen LogP contribution in [0.25, 0.3) is 0 Å². The molecule has 0 saturated heterocycles. The molecular formula is C23H34N2O3. The summed E-state index contributed by atoms with van der Waals surface area (Å²) in [5.41, 5.74) is 2.40. The first-order chi connectivity index (χ1) is 13.5. The minimum Gasteiger partial charge on any atom is -0.493 e. The van der Waals surface area contributed by atoms with Gasteiger partial charge in [-0.1, -0.05) is 50.2 Å². The molecule has 0 saturated carbocycles. The van der Waals surface area contributed by atoms with E-state index in [0.717, 1.165) is 26.2 Å². The molecule has 0 heterocycles. The number of likely N-dealkylation sites (N-methyl/N-ethyl adjacent to an activating group) is 1. The van der Waals surface area contributed by atoms with Gasteiger partial charge in [-0.15, -0.1) is 0 Å². The first kappa shape index (κ1) is 22.2. The Kier molecular flexibility index (Phi) is 9.28. The fraction of sp³-hybridized carbons (Fsp3) is 0.478. The van der Waals surface area contributed by atoms with E-state index in [1.165, 1.54) is 11.1 Å². The van der Waals surface area contributed by atoms with E-state index in [0.29, 0.717) is 18.0 Å². The summed E-state index contributed by atoms with van der Waals surface area (Å²) in [6.07, 6.45) is -0.579. The van der Waals surface area contributed by atoms with Crippen molar-refractivity contribution in [3.63, 3.8) is 0 Å². The van der Waals surface area contributed by atoms with Crippen LogP contribution >= 0.6 is 0 Å². The van der Waals surface area contributed by atoms with Crippen LogP contribution in [-0.2, 0) is 13.1 Å². The minimum atomic E-state index is -0.579. The molecule has 154 valence electrons. The third kappa shape index (κ3) is 7.15. The number of hydrogen-bond acceptors (Lipinski definition) is 5. The first-order valence-electron chi connectivity index (χ1n) is 9.98. The van der Waals surface area contributed by atoms with Crippen molar-refractivity contribution in [1.29, 1.82) is 0 Å². The average Bonchev–Trinajstić information content (AvgIpc) is 2.71. The van der Waals surface area contributed by atoms with E-state index in [1.54, 1.807) is 7.11 Å². The standard InChI is InChI=1S/C23H34N2O3/c1-5-25(6-2)16-20-12-13-22(27-4)23(14-20)28-18-21(26)17-24(3)15-19-10-8-7-9-11-19/h7-14,21,26H,5-6,15-18H2,1-4H3/t21-/m0/s1. The van der Waals surface area contributed by atoms with E-state index >= 15 is 0 Å². The van der Waals surface area contributed by atoms with Crippen molar-refractivity contribution in [3.05, 3.63) is 59.7 Å². The monoisotopic (exact) mass is 386 g/mol. The summed E-state index contributed by atoms with van der Waals surface area (Å²) in [5, 5.41) is 10.4. The molecule has 0 amide bonds. The molecule has 0 aliphatic rings. The van der Waals surface area contributed by atoms with Crippen molar-refractivity contribution in [1.82, 2.24) is 9.80 Å². The molecule has 0 aliphatic carbocycles. The first-order valence-corrected chi connectivity index (χ1v) is 9.98. The van der Waals surface area contributed by atoms with Crippen LogP contribution in [0.3, 0.4) is 0 Å². The number of ether oxygens (including phenoxy) is 2. The van der Waals surface area contributed by atoms with Gasteiger partial charge in [0.25, 0.3) is 0 Å². The zero-order valence-electron chi connectivity index (χ0n) is 17.6. The maximum atomic E-state index is 10.4. The fourth-order valence-corrected chi connectivity index (χ4v) is 3.20. The molecule has 2 aromatic carbocycles. The van der Waals surface area contributed by atoms with Gasteiger partial charge in [-0.25, -0.2) is 0 Å². The van der Waals surface area contributed by atoms with Gasteiger partial charge in [0.05, 0.1) is 7.11 Å². The van der Waals surface area contributed by atoms with Gasteiger partial charge in [0, 0.05) is 19.6 Å². The summed E-state index contributed by atoms with van der Waals surface area (Å²) < 4.78 is 11.3. The fourth-order valence-electron chi connectivity index (χ4n) is 3.20. The highest BCUT2D eigenvalue weighted by atomic mass is 16.5. The molecule has 0 fully saturated rings. The summed E-state index contributed by atoms with van der Waals surface area (Å²) in [6.45, 7) is 8.76.